The maximum atomic E-state index is 13.7. The van der Waals surface area contributed by atoms with E-state index in [9.17, 15) is 9.59 Å². The number of aryl methyl sites for hydroxylation is 1. The van der Waals surface area contributed by atoms with Crippen molar-refractivity contribution in [2.45, 2.75) is 97.1 Å². The van der Waals surface area contributed by atoms with Gasteiger partial charge >= 0.3 is 5.97 Å². The molecule has 1 saturated carbocycles. The van der Waals surface area contributed by atoms with E-state index in [1.807, 2.05) is 61.7 Å². The van der Waals surface area contributed by atoms with Crippen LogP contribution in [0.4, 0.5) is 0 Å². The highest BCUT2D eigenvalue weighted by molar-refractivity contribution is 6.16. The fourth-order valence-corrected chi connectivity index (χ4v) is 6.52. The summed E-state index contributed by atoms with van der Waals surface area (Å²) in [7, 11) is 0. The Morgan fingerprint density at radius 1 is 0.886 bits per heavy atom. The maximum Gasteiger partial charge on any atom is 0.305 e. The lowest BCUT2D eigenvalue weighted by Crippen LogP contribution is -2.10. The number of carbonyl (C=O) groups is 2. The van der Waals surface area contributed by atoms with Crippen LogP contribution in [0.15, 0.2) is 79.0 Å². The summed E-state index contributed by atoms with van der Waals surface area (Å²) in [4.78, 5) is 25.5. The molecule has 1 heterocycles. The van der Waals surface area contributed by atoms with Crippen LogP contribution in [0.2, 0.25) is 0 Å². The van der Waals surface area contributed by atoms with E-state index in [-0.39, 0.29) is 17.9 Å². The summed E-state index contributed by atoms with van der Waals surface area (Å²) in [5.41, 5.74) is 4.92. The number of para-hydroxylation sites is 1. The van der Waals surface area contributed by atoms with Gasteiger partial charge in [-0.05, 0) is 80.0 Å². The minimum atomic E-state index is -0.189. The van der Waals surface area contributed by atoms with Gasteiger partial charge in [0.25, 0.3) is 0 Å². The van der Waals surface area contributed by atoms with Crippen LogP contribution < -0.4 is 4.74 Å². The van der Waals surface area contributed by atoms with Crippen molar-refractivity contribution in [1.82, 2.24) is 4.57 Å². The van der Waals surface area contributed by atoms with Crippen LogP contribution in [-0.4, -0.2) is 22.9 Å². The Hall–Kier alpha value is -3.86. The van der Waals surface area contributed by atoms with Gasteiger partial charge in [0, 0.05) is 41.2 Å². The fourth-order valence-electron chi connectivity index (χ4n) is 6.52. The van der Waals surface area contributed by atoms with Crippen LogP contribution in [0, 0.1) is 5.92 Å². The Bertz CT molecular complexity index is 1500. The van der Waals surface area contributed by atoms with Crippen molar-refractivity contribution >= 4 is 22.7 Å². The smallest absolute Gasteiger partial charge is 0.305 e. The molecule has 0 amide bonds. The molecular weight excluding hydrogens is 546 g/mol. The molecule has 232 valence electrons. The Kier molecular flexibility index (Phi) is 11.3. The van der Waals surface area contributed by atoms with Crippen molar-refractivity contribution in [3.8, 4) is 5.75 Å². The third-order valence-electron chi connectivity index (χ3n) is 8.93. The number of hydrogen-bond acceptors (Lipinski definition) is 4. The summed E-state index contributed by atoms with van der Waals surface area (Å²) >= 11 is 0. The van der Waals surface area contributed by atoms with Gasteiger partial charge in [-0.3, -0.25) is 9.59 Å². The Morgan fingerprint density at radius 3 is 2.36 bits per heavy atom. The van der Waals surface area contributed by atoms with E-state index >= 15 is 0 Å². The largest absolute Gasteiger partial charge is 0.486 e. The molecule has 0 N–H and O–H groups in total. The van der Waals surface area contributed by atoms with E-state index in [1.165, 1.54) is 49.7 Å². The van der Waals surface area contributed by atoms with Crippen molar-refractivity contribution < 1.29 is 19.1 Å². The molecule has 3 aromatic carbocycles. The van der Waals surface area contributed by atoms with Crippen molar-refractivity contribution in [3.63, 3.8) is 0 Å². The first-order chi connectivity index (χ1) is 21.6. The average molecular weight is 594 g/mol. The summed E-state index contributed by atoms with van der Waals surface area (Å²) in [6.07, 6.45) is 14.1. The van der Waals surface area contributed by atoms with Gasteiger partial charge in [0.2, 0.25) is 0 Å². The molecule has 0 spiro atoms. The molecule has 0 radical (unpaired) electrons. The van der Waals surface area contributed by atoms with Gasteiger partial charge in [-0.25, -0.2) is 0 Å². The fraction of sp³-hybridized carbons (Fsp3) is 0.436. The molecule has 1 fully saturated rings. The van der Waals surface area contributed by atoms with Gasteiger partial charge < -0.3 is 14.0 Å². The summed E-state index contributed by atoms with van der Waals surface area (Å²) in [5, 5.41) is 0.917. The quantitative estimate of drug-likeness (QED) is 0.102. The molecule has 1 aromatic heterocycles. The van der Waals surface area contributed by atoms with E-state index in [1.54, 1.807) is 0 Å². The third kappa shape index (κ3) is 8.19. The van der Waals surface area contributed by atoms with Crippen LogP contribution in [0.3, 0.4) is 0 Å². The van der Waals surface area contributed by atoms with Gasteiger partial charge in [-0.2, -0.15) is 0 Å². The lowest BCUT2D eigenvalue weighted by molar-refractivity contribution is -0.143. The van der Waals surface area contributed by atoms with Crippen LogP contribution in [-0.2, 0) is 22.5 Å². The zero-order chi connectivity index (χ0) is 30.7. The molecule has 0 aliphatic heterocycles. The number of benzene rings is 3. The van der Waals surface area contributed by atoms with Gasteiger partial charge in [-0.15, -0.1) is 0 Å². The number of unbranched alkanes of at least 4 members (excludes halogenated alkanes) is 1. The highest BCUT2D eigenvalue weighted by Crippen LogP contribution is 2.31. The van der Waals surface area contributed by atoms with Crippen LogP contribution in [0.1, 0.15) is 111 Å². The summed E-state index contributed by atoms with van der Waals surface area (Å²) < 4.78 is 13.7. The minimum absolute atomic E-state index is 0.0204. The van der Waals surface area contributed by atoms with E-state index < -0.39 is 0 Å². The molecule has 0 saturated heterocycles. The zero-order valence-electron chi connectivity index (χ0n) is 26.4. The van der Waals surface area contributed by atoms with E-state index in [4.69, 9.17) is 9.47 Å². The number of fused-ring (bicyclic) bond motifs is 1. The molecule has 1 aliphatic rings. The Morgan fingerprint density at radius 2 is 1.64 bits per heavy atom. The highest BCUT2D eigenvalue weighted by atomic mass is 16.5. The molecule has 1 atom stereocenters. The van der Waals surface area contributed by atoms with Gasteiger partial charge in [0.1, 0.15) is 11.9 Å². The molecule has 1 unspecified atom stereocenters. The first kappa shape index (κ1) is 31.6. The van der Waals surface area contributed by atoms with Gasteiger partial charge in [-0.1, -0.05) is 87.9 Å². The number of ketones is 1. The van der Waals surface area contributed by atoms with Crippen molar-refractivity contribution in [2.24, 2.45) is 5.92 Å². The van der Waals surface area contributed by atoms with Gasteiger partial charge in [0.05, 0.1) is 6.61 Å². The molecule has 4 aromatic rings. The lowest BCUT2D eigenvalue weighted by atomic mass is 9.84. The molecule has 5 nitrogen and oxygen atoms in total. The molecule has 0 bridgehead atoms. The maximum absolute atomic E-state index is 13.7. The predicted octanol–water partition coefficient (Wildman–Crippen LogP) is 9.65. The second-order valence-electron chi connectivity index (χ2n) is 12.2. The number of ether oxygens (including phenoxy) is 2. The number of esters is 1. The predicted molar refractivity (Wildman–Crippen MR) is 177 cm³/mol. The number of rotatable bonds is 15. The van der Waals surface area contributed by atoms with Crippen molar-refractivity contribution in [3.05, 3.63) is 101 Å². The van der Waals surface area contributed by atoms with Crippen molar-refractivity contribution in [2.75, 3.05) is 6.61 Å². The molecule has 5 heteroatoms. The number of aromatic nitrogens is 1. The van der Waals surface area contributed by atoms with E-state index in [0.717, 1.165) is 41.8 Å². The average Bonchev–Trinajstić information content (AvgIpc) is 3.42. The third-order valence-corrected chi connectivity index (χ3v) is 8.93. The Balaban J connectivity index is 1.26. The second-order valence-corrected chi connectivity index (χ2v) is 12.2. The van der Waals surface area contributed by atoms with Gasteiger partial charge in [0.15, 0.2) is 5.78 Å². The van der Waals surface area contributed by atoms with E-state index in [0.29, 0.717) is 37.1 Å². The molecule has 1 aliphatic carbocycles. The number of carbonyl (C=O) groups excluding carboxylic acids is 2. The first-order valence-electron chi connectivity index (χ1n) is 16.7. The topological polar surface area (TPSA) is 57.5 Å². The number of hydrogen-bond donors (Lipinski definition) is 0. The molecule has 44 heavy (non-hydrogen) atoms. The van der Waals surface area contributed by atoms with Crippen LogP contribution >= 0.6 is 0 Å². The molecular formula is C39H47NO4. The Labute approximate surface area is 262 Å². The van der Waals surface area contributed by atoms with Crippen LogP contribution in [0.25, 0.3) is 10.9 Å². The highest BCUT2D eigenvalue weighted by Gasteiger charge is 2.19. The first-order valence-corrected chi connectivity index (χ1v) is 16.7. The summed E-state index contributed by atoms with van der Waals surface area (Å²) in [6.45, 7) is 5.05. The normalized spacial score (nSPS) is 14.4. The minimum Gasteiger partial charge on any atom is -0.486 e. The summed E-state index contributed by atoms with van der Waals surface area (Å²) in [5.74, 6) is 1.39. The van der Waals surface area contributed by atoms with E-state index in [2.05, 4.69) is 35.8 Å². The monoisotopic (exact) mass is 593 g/mol. The molecule has 5 rings (SSSR count). The van der Waals surface area contributed by atoms with Crippen molar-refractivity contribution in [1.29, 1.82) is 0 Å². The zero-order valence-corrected chi connectivity index (χ0v) is 26.4. The summed E-state index contributed by atoms with van der Waals surface area (Å²) in [6, 6.07) is 24.6. The SMILES string of the molecule is CCCCC(Oc1ccc(C(=O)c2cn(CCCC(=O)OCC)c3ccccc23)cc1)c1ccc(CC2CCCCC2)cc1. The van der Waals surface area contributed by atoms with Crippen LogP contribution in [0.5, 0.6) is 5.75 Å². The second kappa shape index (κ2) is 15.7. The standard InChI is InChI=1S/C39H47NO4/c1-3-5-16-37(31-20-18-30(19-21-31)27-29-12-7-6-8-13-29)44-33-24-22-32(23-25-33)39(42)35-28-40(26-11-17-38(41)43-4-2)36-15-10-9-14-34(35)36/h9-10,14-15,18-25,28-29,37H,3-8,11-13,16-17,26-27H2,1-2H3. The number of nitrogens with zero attached hydrogens (tertiary/aromatic N) is 1. The lowest BCUT2D eigenvalue weighted by Gasteiger charge is -2.22.